The lowest BCUT2D eigenvalue weighted by Gasteiger charge is -2.21. The van der Waals surface area contributed by atoms with E-state index in [4.69, 9.17) is 11.6 Å². The van der Waals surface area contributed by atoms with E-state index in [-0.39, 0.29) is 6.04 Å². The van der Waals surface area contributed by atoms with Crippen molar-refractivity contribution in [2.45, 2.75) is 13.0 Å². The van der Waals surface area contributed by atoms with Crippen molar-refractivity contribution in [3.8, 4) is 0 Å². The van der Waals surface area contributed by atoms with E-state index in [1.807, 2.05) is 38.4 Å². The molecule has 1 heterocycles. The third-order valence-corrected chi connectivity index (χ3v) is 3.04. The number of benzene rings is 1. The Hall–Kier alpha value is -1.68. The largest absolute Gasteiger partial charge is 0.376 e. The number of aromatic amines is 1. The van der Waals surface area contributed by atoms with Crippen LogP contribution >= 0.6 is 11.6 Å². The summed E-state index contributed by atoms with van der Waals surface area (Å²) in [5.74, 6) is 0. The smallest absolute Gasteiger partial charge is 0.0652 e. The van der Waals surface area contributed by atoms with Gasteiger partial charge >= 0.3 is 0 Å². The van der Waals surface area contributed by atoms with E-state index in [0.717, 1.165) is 22.1 Å². The van der Waals surface area contributed by atoms with Crippen molar-refractivity contribution in [3.63, 3.8) is 0 Å². The molecule has 18 heavy (non-hydrogen) atoms. The van der Waals surface area contributed by atoms with Crippen LogP contribution < -0.4 is 10.2 Å². The third kappa shape index (κ3) is 2.76. The van der Waals surface area contributed by atoms with Crippen LogP contribution in [-0.4, -0.2) is 24.3 Å². The molecule has 0 bridgehead atoms. The fraction of sp³-hybridized carbons (Fsp3) is 0.308. The van der Waals surface area contributed by atoms with E-state index in [1.54, 1.807) is 6.20 Å². The summed E-state index contributed by atoms with van der Waals surface area (Å²) in [6.45, 7) is 2.08. The lowest BCUT2D eigenvalue weighted by Crippen LogP contribution is -2.14. The Morgan fingerprint density at radius 2 is 2.11 bits per heavy atom. The van der Waals surface area contributed by atoms with E-state index in [2.05, 4.69) is 27.3 Å². The zero-order chi connectivity index (χ0) is 13.1. The topological polar surface area (TPSA) is 44.0 Å². The average molecular weight is 265 g/mol. The second-order valence-corrected chi connectivity index (χ2v) is 4.87. The Labute approximate surface area is 112 Å². The van der Waals surface area contributed by atoms with Gasteiger partial charge in [-0.1, -0.05) is 11.6 Å². The second-order valence-electron chi connectivity index (χ2n) is 4.43. The fourth-order valence-corrected chi connectivity index (χ4v) is 2.00. The number of hydrogen-bond acceptors (Lipinski definition) is 3. The summed E-state index contributed by atoms with van der Waals surface area (Å²) in [5, 5.41) is 11.1. The van der Waals surface area contributed by atoms with Crippen LogP contribution in [0.2, 0.25) is 5.02 Å². The highest BCUT2D eigenvalue weighted by molar-refractivity contribution is 6.31. The monoisotopic (exact) mass is 264 g/mol. The average Bonchev–Trinajstić information content (AvgIpc) is 2.81. The Morgan fingerprint density at radius 3 is 2.72 bits per heavy atom. The first kappa shape index (κ1) is 12.8. The summed E-state index contributed by atoms with van der Waals surface area (Å²) in [5.41, 5.74) is 3.15. The van der Waals surface area contributed by atoms with Crippen molar-refractivity contribution >= 4 is 23.0 Å². The van der Waals surface area contributed by atoms with Gasteiger partial charge < -0.3 is 10.2 Å². The molecule has 2 rings (SSSR count). The van der Waals surface area contributed by atoms with Crippen LogP contribution in [0.25, 0.3) is 0 Å². The Kier molecular flexibility index (Phi) is 3.77. The van der Waals surface area contributed by atoms with Crippen LogP contribution in [0.3, 0.4) is 0 Å². The first-order valence-corrected chi connectivity index (χ1v) is 6.18. The van der Waals surface area contributed by atoms with E-state index in [1.165, 1.54) is 0 Å². The van der Waals surface area contributed by atoms with Crippen molar-refractivity contribution in [2.75, 3.05) is 24.3 Å². The Balaban J connectivity index is 2.25. The summed E-state index contributed by atoms with van der Waals surface area (Å²) in [6.07, 6.45) is 1.75. The molecule has 1 aromatic heterocycles. The van der Waals surface area contributed by atoms with Crippen LogP contribution in [0.4, 0.5) is 11.4 Å². The Bertz CT molecular complexity index is 508. The minimum Gasteiger partial charge on any atom is -0.376 e. The fourth-order valence-electron chi connectivity index (χ4n) is 1.83. The highest BCUT2D eigenvalue weighted by Gasteiger charge is 2.11. The normalized spacial score (nSPS) is 12.2. The van der Waals surface area contributed by atoms with Crippen LogP contribution in [0.15, 0.2) is 30.5 Å². The predicted octanol–water partition coefficient (Wildman–Crippen LogP) is 3.30. The van der Waals surface area contributed by atoms with Crippen molar-refractivity contribution in [3.05, 3.63) is 41.2 Å². The minimum absolute atomic E-state index is 0.143. The van der Waals surface area contributed by atoms with Crippen LogP contribution in [-0.2, 0) is 0 Å². The summed E-state index contributed by atoms with van der Waals surface area (Å²) in [7, 11) is 4.02. The van der Waals surface area contributed by atoms with Crippen molar-refractivity contribution in [2.24, 2.45) is 0 Å². The van der Waals surface area contributed by atoms with E-state index >= 15 is 0 Å². The highest BCUT2D eigenvalue weighted by Crippen LogP contribution is 2.30. The van der Waals surface area contributed by atoms with Gasteiger partial charge in [-0.25, -0.2) is 0 Å². The quantitative estimate of drug-likeness (QED) is 0.891. The molecule has 0 radical (unpaired) electrons. The number of halogens is 1. The number of rotatable bonds is 4. The molecule has 5 heteroatoms. The van der Waals surface area contributed by atoms with Gasteiger partial charge in [0.05, 0.1) is 23.1 Å². The van der Waals surface area contributed by atoms with Gasteiger partial charge in [-0.15, -0.1) is 0 Å². The lowest BCUT2D eigenvalue weighted by molar-refractivity contribution is 0.825. The van der Waals surface area contributed by atoms with Gasteiger partial charge in [0.15, 0.2) is 0 Å². The van der Waals surface area contributed by atoms with Gasteiger partial charge in [0, 0.05) is 25.3 Å². The number of aromatic nitrogens is 2. The molecule has 0 aliphatic heterocycles. The van der Waals surface area contributed by atoms with E-state index in [0.29, 0.717) is 0 Å². The molecular formula is C13H17ClN4. The standard InChI is InChI=1S/C13H17ClN4/c1-9(11-6-7-15-17-11)16-12-8-10(14)4-5-13(12)18(2)3/h4-9,16H,1-3H3,(H,15,17). The molecular weight excluding hydrogens is 248 g/mol. The van der Waals surface area contributed by atoms with Gasteiger partial charge in [0.25, 0.3) is 0 Å². The van der Waals surface area contributed by atoms with Gasteiger partial charge in [0.2, 0.25) is 0 Å². The van der Waals surface area contributed by atoms with Gasteiger partial charge in [-0.3, -0.25) is 5.10 Å². The van der Waals surface area contributed by atoms with Crippen LogP contribution in [0, 0.1) is 0 Å². The highest BCUT2D eigenvalue weighted by atomic mass is 35.5. The molecule has 1 aromatic carbocycles. The van der Waals surface area contributed by atoms with Crippen molar-refractivity contribution in [1.82, 2.24) is 10.2 Å². The maximum absolute atomic E-state index is 6.05. The van der Waals surface area contributed by atoms with E-state index in [9.17, 15) is 0 Å². The molecule has 1 unspecified atom stereocenters. The Morgan fingerprint density at radius 1 is 1.33 bits per heavy atom. The van der Waals surface area contributed by atoms with Gasteiger partial charge in [-0.2, -0.15) is 5.10 Å². The first-order chi connectivity index (χ1) is 8.58. The summed E-state index contributed by atoms with van der Waals surface area (Å²) in [6, 6.07) is 7.93. The lowest BCUT2D eigenvalue weighted by atomic mass is 10.2. The number of anilines is 2. The van der Waals surface area contributed by atoms with Crippen LogP contribution in [0.5, 0.6) is 0 Å². The zero-order valence-corrected chi connectivity index (χ0v) is 11.5. The molecule has 4 nitrogen and oxygen atoms in total. The van der Waals surface area contributed by atoms with Crippen LogP contribution in [0.1, 0.15) is 18.7 Å². The molecule has 96 valence electrons. The van der Waals surface area contributed by atoms with Crippen molar-refractivity contribution < 1.29 is 0 Å². The number of nitrogens with zero attached hydrogens (tertiary/aromatic N) is 2. The molecule has 1 atom stereocenters. The second kappa shape index (κ2) is 5.31. The van der Waals surface area contributed by atoms with Gasteiger partial charge in [0.1, 0.15) is 0 Å². The maximum atomic E-state index is 6.05. The summed E-state index contributed by atoms with van der Waals surface area (Å²) in [4.78, 5) is 2.05. The SMILES string of the molecule is CC(Nc1cc(Cl)ccc1N(C)C)c1ccn[nH]1. The first-order valence-electron chi connectivity index (χ1n) is 5.80. The molecule has 2 aromatic rings. The molecule has 0 amide bonds. The molecule has 0 spiro atoms. The number of nitrogens with one attached hydrogen (secondary N) is 2. The van der Waals surface area contributed by atoms with E-state index < -0.39 is 0 Å². The third-order valence-electron chi connectivity index (χ3n) is 2.80. The summed E-state index contributed by atoms with van der Waals surface area (Å²) < 4.78 is 0. The minimum atomic E-state index is 0.143. The molecule has 0 fully saturated rings. The predicted molar refractivity (Wildman–Crippen MR) is 76.4 cm³/mol. The maximum Gasteiger partial charge on any atom is 0.0652 e. The molecule has 0 saturated heterocycles. The molecule has 0 saturated carbocycles. The molecule has 0 aliphatic carbocycles. The summed E-state index contributed by atoms with van der Waals surface area (Å²) >= 11 is 6.05. The number of hydrogen-bond donors (Lipinski definition) is 2. The molecule has 0 aliphatic rings. The zero-order valence-electron chi connectivity index (χ0n) is 10.7. The van der Waals surface area contributed by atoms with Gasteiger partial charge in [-0.05, 0) is 31.2 Å². The van der Waals surface area contributed by atoms with Crippen molar-refractivity contribution in [1.29, 1.82) is 0 Å². The molecule has 2 N–H and O–H groups in total. The number of H-pyrrole nitrogens is 1.